The van der Waals surface area contributed by atoms with E-state index in [9.17, 15) is 0 Å². The zero-order chi connectivity index (χ0) is 12.3. The molecule has 1 aromatic carbocycles. The number of benzene rings is 1. The summed E-state index contributed by atoms with van der Waals surface area (Å²) in [5.41, 5.74) is 1.59. The first-order valence-corrected chi connectivity index (χ1v) is 6.20. The van der Waals surface area contributed by atoms with E-state index in [4.69, 9.17) is 9.47 Å². The smallest absolute Gasteiger partial charge is 0.231 e. The lowest BCUT2D eigenvalue weighted by molar-refractivity contribution is 0.174. The Labute approximate surface area is 103 Å². The van der Waals surface area contributed by atoms with Gasteiger partial charge in [0, 0.05) is 13.1 Å². The molecule has 0 bridgehead atoms. The Bertz CT molecular complexity index is 388. The van der Waals surface area contributed by atoms with Gasteiger partial charge in [0.15, 0.2) is 11.5 Å². The van der Waals surface area contributed by atoms with Crippen LogP contribution in [-0.4, -0.2) is 13.3 Å². The van der Waals surface area contributed by atoms with Crippen LogP contribution in [0.25, 0.3) is 0 Å². The van der Waals surface area contributed by atoms with Gasteiger partial charge < -0.3 is 14.8 Å². The molecule has 17 heavy (non-hydrogen) atoms. The van der Waals surface area contributed by atoms with E-state index in [-0.39, 0.29) is 0 Å². The minimum Gasteiger partial charge on any atom is -0.454 e. The summed E-state index contributed by atoms with van der Waals surface area (Å²) < 4.78 is 10.6. The SMILES string of the molecule is CCC(C)(C)CNCc1ccc2c(c1)OCO2. The van der Waals surface area contributed by atoms with E-state index in [2.05, 4.69) is 32.2 Å². The highest BCUT2D eigenvalue weighted by Gasteiger charge is 2.15. The molecule has 3 nitrogen and oxygen atoms in total. The summed E-state index contributed by atoms with van der Waals surface area (Å²) in [6, 6.07) is 6.11. The second kappa shape index (κ2) is 4.96. The lowest BCUT2D eigenvalue weighted by atomic mass is 9.90. The standard InChI is InChI=1S/C14H21NO2/c1-4-14(2,3)9-15-8-11-5-6-12-13(7-11)17-10-16-12/h5-7,15H,4,8-10H2,1-3H3. The summed E-state index contributed by atoms with van der Waals surface area (Å²) in [5.74, 6) is 1.71. The molecule has 1 aliphatic rings. The second-order valence-corrected chi connectivity index (χ2v) is 5.31. The van der Waals surface area contributed by atoms with Crippen molar-refractivity contribution in [3.8, 4) is 11.5 Å². The maximum Gasteiger partial charge on any atom is 0.231 e. The van der Waals surface area contributed by atoms with E-state index < -0.39 is 0 Å². The van der Waals surface area contributed by atoms with E-state index in [1.54, 1.807) is 0 Å². The number of rotatable bonds is 5. The summed E-state index contributed by atoms with van der Waals surface area (Å²) in [4.78, 5) is 0. The summed E-state index contributed by atoms with van der Waals surface area (Å²) in [6.45, 7) is 9.02. The first kappa shape index (κ1) is 12.2. The van der Waals surface area contributed by atoms with E-state index in [1.807, 2.05) is 12.1 Å². The minimum absolute atomic E-state index is 0.342. The lowest BCUT2D eigenvalue weighted by Crippen LogP contribution is -2.28. The largest absolute Gasteiger partial charge is 0.454 e. The Kier molecular flexibility index (Phi) is 3.57. The van der Waals surface area contributed by atoms with Crippen molar-refractivity contribution in [1.29, 1.82) is 0 Å². The number of fused-ring (bicyclic) bond motifs is 1. The first-order chi connectivity index (χ1) is 8.11. The zero-order valence-corrected chi connectivity index (χ0v) is 10.9. The van der Waals surface area contributed by atoms with Crippen LogP contribution in [0.5, 0.6) is 11.5 Å². The van der Waals surface area contributed by atoms with Gasteiger partial charge in [0.25, 0.3) is 0 Å². The van der Waals surface area contributed by atoms with Gasteiger partial charge in [0.2, 0.25) is 6.79 Å². The minimum atomic E-state index is 0.342. The topological polar surface area (TPSA) is 30.5 Å². The highest BCUT2D eigenvalue weighted by molar-refractivity contribution is 5.44. The molecule has 0 saturated carbocycles. The third kappa shape index (κ3) is 3.13. The highest BCUT2D eigenvalue weighted by atomic mass is 16.7. The third-order valence-electron chi connectivity index (χ3n) is 3.33. The molecule has 0 saturated heterocycles. The molecule has 0 aliphatic carbocycles. The molecule has 3 heteroatoms. The Hall–Kier alpha value is -1.22. The monoisotopic (exact) mass is 235 g/mol. The summed E-state index contributed by atoms with van der Waals surface area (Å²) in [6.07, 6.45) is 1.18. The summed E-state index contributed by atoms with van der Waals surface area (Å²) in [5, 5.41) is 3.49. The Balaban J connectivity index is 1.88. The third-order valence-corrected chi connectivity index (χ3v) is 3.33. The molecule has 0 fully saturated rings. The van der Waals surface area contributed by atoms with Gasteiger partial charge in [-0.15, -0.1) is 0 Å². The van der Waals surface area contributed by atoms with Crippen molar-refractivity contribution >= 4 is 0 Å². The van der Waals surface area contributed by atoms with Gasteiger partial charge in [-0.25, -0.2) is 0 Å². The van der Waals surface area contributed by atoms with Crippen LogP contribution < -0.4 is 14.8 Å². The van der Waals surface area contributed by atoms with Gasteiger partial charge in [0.1, 0.15) is 0 Å². The Morgan fingerprint density at radius 1 is 1.24 bits per heavy atom. The van der Waals surface area contributed by atoms with Crippen molar-refractivity contribution in [3.05, 3.63) is 23.8 Å². The molecule has 1 aromatic rings. The fraction of sp³-hybridized carbons (Fsp3) is 0.571. The fourth-order valence-corrected chi connectivity index (χ4v) is 1.72. The van der Waals surface area contributed by atoms with Crippen LogP contribution in [0, 0.1) is 5.41 Å². The van der Waals surface area contributed by atoms with E-state index in [1.165, 1.54) is 12.0 Å². The van der Waals surface area contributed by atoms with Gasteiger partial charge >= 0.3 is 0 Å². The van der Waals surface area contributed by atoms with Crippen LogP contribution in [-0.2, 0) is 6.54 Å². The van der Waals surface area contributed by atoms with Crippen molar-refractivity contribution in [2.24, 2.45) is 5.41 Å². The molecular formula is C14H21NO2. The van der Waals surface area contributed by atoms with Crippen LogP contribution in [0.2, 0.25) is 0 Å². The summed E-state index contributed by atoms with van der Waals surface area (Å²) >= 11 is 0. The van der Waals surface area contributed by atoms with Crippen molar-refractivity contribution in [1.82, 2.24) is 5.32 Å². The van der Waals surface area contributed by atoms with Crippen molar-refractivity contribution in [2.45, 2.75) is 33.7 Å². The van der Waals surface area contributed by atoms with E-state index in [0.717, 1.165) is 24.6 Å². The molecule has 0 spiro atoms. The van der Waals surface area contributed by atoms with Gasteiger partial charge in [-0.1, -0.05) is 26.8 Å². The molecule has 0 radical (unpaired) electrons. The predicted molar refractivity (Wildman–Crippen MR) is 68.3 cm³/mol. The molecular weight excluding hydrogens is 214 g/mol. The summed E-state index contributed by atoms with van der Waals surface area (Å²) in [7, 11) is 0. The predicted octanol–water partition coefficient (Wildman–Crippen LogP) is 2.94. The number of ether oxygens (including phenoxy) is 2. The van der Waals surface area contributed by atoms with Gasteiger partial charge in [-0.3, -0.25) is 0 Å². The average molecular weight is 235 g/mol. The quantitative estimate of drug-likeness (QED) is 0.851. The zero-order valence-electron chi connectivity index (χ0n) is 10.9. The molecule has 1 N–H and O–H groups in total. The van der Waals surface area contributed by atoms with Crippen LogP contribution in [0.15, 0.2) is 18.2 Å². The maximum absolute atomic E-state index is 5.36. The molecule has 0 amide bonds. The molecule has 2 rings (SSSR count). The van der Waals surface area contributed by atoms with Crippen molar-refractivity contribution in [3.63, 3.8) is 0 Å². The highest BCUT2D eigenvalue weighted by Crippen LogP contribution is 2.32. The van der Waals surface area contributed by atoms with Gasteiger partial charge in [-0.2, -0.15) is 0 Å². The second-order valence-electron chi connectivity index (χ2n) is 5.31. The Morgan fingerprint density at radius 2 is 2.00 bits per heavy atom. The van der Waals surface area contributed by atoms with Crippen molar-refractivity contribution in [2.75, 3.05) is 13.3 Å². The van der Waals surface area contributed by atoms with Crippen LogP contribution in [0.4, 0.5) is 0 Å². The molecule has 94 valence electrons. The molecule has 1 aliphatic heterocycles. The molecule has 0 aromatic heterocycles. The fourth-order valence-electron chi connectivity index (χ4n) is 1.72. The van der Waals surface area contributed by atoms with Crippen LogP contribution in [0.1, 0.15) is 32.8 Å². The molecule has 0 unspecified atom stereocenters. The first-order valence-electron chi connectivity index (χ1n) is 6.20. The number of hydrogen-bond donors (Lipinski definition) is 1. The lowest BCUT2D eigenvalue weighted by Gasteiger charge is -2.23. The van der Waals surface area contributed by atoms with Crippen LogP contribution >= 0.6 is 0 Å². The van der Waals surface area contributed by atoms with E-state index >= 15 is 0 Å². The van der Waals surface area contributed by atoms with Gasteiger partial charge in [-0.05, 0) is 29.5 Å². The average Bonchev–Trinajstić information content (AvgIpc) is 2.76. The van der Waals surface area contributed by atoms with Crippen molar-refractivity contribution < 1.29 is 9.47 Å². The molecule has 0 atom stereocenters. The number of nitrogens with one attached hydrogen (secondary N) is 1. The van der Waals surface area contributed by atoms with Gasteiger partial charge in [0.05, 0.1) is 0 Å². The maximum atomic E-state index is 5.36. The number of hydrogen-bond acceptors (Lipinski definition) is 3. The Morgan fingerprint density at radius 3 is 2.76 bits per heavy atom. The van der Waals surface area contributed by atoms with E-state index in [0.29, 0.717) is 12.2 Å². The molecule has 1 heterocycles. The normalized spacial score (nSPS) is 14.1. The van der Waals surface area contributed by atoms with Crippen LogP contribution in [0.3, 0.4) is 0 Å².